The van der Waals surface area contributed by atoms with Crippen molar-refractivity contribution < 1.29 is 19.1 Å². The average Bonchev–Trinajstić information content (AvgIpc) is 2.75. The van der Waals surface area contributed by atoms with Gasteiger partial charge in [-0.25, -0.2) is 9.78 Å². The molecule has 0 aliphatic heterocycles. The number of methoxy groups -OCH3 is 1. The van der Waals surface area contributed by atoms with E-state index < -0.39 is 6.16 Å². The van der Waals surface area contributed by atoms with Crippen molar-refractivity contribution in [2.24, 2.45) is 0 Å². The van der Waals surface area contributed by atoms with E-state index in [1.54, 1.807) is 0 Å². The number of nitrogens with zero attached hydrogens (tertiary/aromatic N) is 1. The molecule has 6 heteroatoms. The van der Waals surface area contributed by atoms with Gasteiger partial charge >= 0.3 is 6.16 Å². The lowest BCUT2D eigenvalue weighted by Crippen LogP contribution is -2.29. The van der Waals surface area contributed by atoms with Gasteiger partial charge in [-0.3, -0.25) is 4.79 Å². The number of benzene rings is 2. The summed E-state index contributed by atoms with van der Waals surface area (Å²) >= 11 is 0. The van der Waals surface area contributed by atoms with Gasteiger partial charge < -0.3 is 14.8 Å². The second-order valence-corrected chi connectivity index (χ2v) is 6.02. The van der Waals surface area contributed by atoms with Crippen molar-refractivity contribution >= 4 is 12.1 Å². The molecule has 0 radical (unpaired) electrons. The quantitative estimate of drug-likeness (QED) is 0.663. The molecule has 1 amide bonds. The van der Waals surface area contributed by atoms with Gasteiger partial charge in [-0.15, -0.1) is 0 Å². The molecule has 0 aliphatic carbocycles. The van der Waals surface area contributed by atoms with Crippen molar-refractivity contribution in [2.75, 3.05) is 13.7 Å². The Kier molecular flexibility index (Phi) is 6.36. The SMILES string of the molecule is COC(=O)Oc1ccc(C(=O)NCC(c2ccccc2)c2ccccc2)nc1. The molecular weight excluding hydrogens is 356 g/mol. The lowest BCUT2D eigenvalue weighted by Gasteiger charge is -2.18. The van der Waals surface area contributed by atoms with Crippen LogP contribution in [-0.4, -0.2) is 30.7 Å². The normalized spacial score (nSPS) is 10.4. The second kappa shape index (κ2) is 9.32. The highest BCUT2D eigenvalue weighted by Crippen LogP contribution is 2.23. The molecule has 0 bridgehead atoms. The van der Waals surface area contributed by atoms with E-state index >= 15 is 0 Å². The van der Waals surface area contributed by atoms with Gasteiger partial charge in [0.2, 0.25) is 0 Å². The molecule has 1 aromatic heterocycles. The van der Waals surface area contributed by atoms with E-state index in [4.69, 9.17) is 4.74 Å². The number of amides is 1. The Bertz CT molecular complexity index is 873. The maximum Gasteiger partial charge on any atom is 0.513 e. The van der Waals surface area contributed by atoms with Crippen molar-refractivity contribution in [3.63, 3.8) is 0 Å². The summed E-state index contributed by atoms with van der Waals surface area (Å²) in [6, 6.07) is 23.0. The number of aromatic nitrogens is 1. The largest absolute Gasteiger partial charge is 0.513 e. The van der Waals surface area contributed by atoms with E-state index in [-0.39, 0.29) is 23.3 Å². The molecule has 0 saturated carbocycles. The molecule has 0 saturated heterocycles. The highest BCUT2D eigenvalue weighted by molar-refractivity contribution is 5.92. The second-order valence-electron chi connectivity index (χ2n) is 6.02. The first-order valence-corrected chi connectivity index (χ1v) is 8.77. The Balaban J connectivity index is 1.69. The van der Waals surface area contributed by atoms with Crippen molar-refractivity contribution in [1.82, 2.24) is 10.3 Å². The average molecular weight is 376 g/mol. The summed E-state index contributed by atoms with van der Waals surface area (Å²) in [4.78, 5) is 27.6. The highest BCUT2D eigenvalue weighted by atomic mass is 16.7. The predicted octanol–water partition coefficient (Wildman–Crippen LogP) is 3.79. The predicted molar refractivity (Wildman–Crippen MR) is 104 cm³/mol. The number of nitrogens with one attached hydrogen (secondary N) is 1. The van der Waals surface area contributed by atoms with Crippen LogP contribution in [0.15, 0.2) is 79.0 Å². The van der Waals surface area contributed by atoms with Crippen molar-refractivity contribution in [3.8, 4) is 5.75 Å². The van der Waals surface area contributed by atoms with Crippen LogP contribution in [0, 0.1) is 0 Å². The van der Waals surface area contributed by atoms with Gasteiger partial charge in [0, 0.05) is 12.5 Å². The minimum Gasteiger partial charge on any atom is -0.437 e. The van der Waals surface area contributed by atoms with Gasteiger partial charge in [0.15, 0.2) is 5.75 Å². The monoisotopic (exact) mass is 376 g/mol. The van der Waals surface area contributed by atoms with E-state index in [9.17, 15) is 9.59 Å². The Morgan fingerprint density at radius 1 is 0.929 bits per heavy atom. The Hall–Kier alpha value is -3.67. The third kappa shape index (κ3) is 4.94. The summed E-state index contributed by atoms with van der Waals surface area (Å²) in [5, 5.41) is 2.93. The summed E-state index contributed by atoms with van der Waals surface area (Å²) in [6.45, 7) is 0.426. The van der Waals surface area contributed by atoms with Crippen LogP contribution in [-0.2, 0) is 4.74 Å². The molecule has 0 aliphatic rings. The van der Waals surface area contributed by atoms with Gasteiger partial charge in [-0.2, -0.15) is 0 Å². The zero-order valence-electron chi connectivity index (χ0n) is 15.4. The molecule has 1 N–H and O–H groups in total. The Labute approximate surface area is 163 Å². The number of hydrogen-bond acceptors (Lipinski definition) is 5. The third-order valence-electron chi connectivity index (χ3n) is 4.21. The van der Waals surface area contributed by atoms with E-state index in [0.717, 1.165) is 11.1 Å². The van der Waals surface area contributed by atoms with Crippen LogP contribution in [0.1, 0.15) is 27.5 Å². The van der Waals surface area contributed by atoms with Crippen LogP contribution in [0.3, 0.4) is 0 Å². The summed E-state index contributed by atoms with van der Waals surface area (Å²) in [5.41, 5.74) is 2.46. The molecule has 0 unspecified atom stereocenters. The van der Waals surface area contributed by atoms with Crippen LogP contribution >= 0.6 is 0 Å². The molecule has 3 aromatic rings. The van der Waals surface area contributed by atoms with Crippen LogP contribution in [0.25, 0.3) is 0 Å². The van der Waals surface area contributed by atoms with Gasteiger partial charge in [0.05, 0.1) is 13.3 Å². The van der Waals surface area contributed by atoms with E-state index in [0.29, 0.717) is 6.54 Å². The third-order valence-corrected chi connectivity index (χ3v) is 4.21. The molecule has 142 valence electrons. The van der Waals surface area contributed by atoms with E-state index in [2.05, 4.69) is 15.0 Å². The summed E-state index contributed by atoms with van der Waals surface area (Å²) in [7, 11) is 1.22. The van der Waals surface area contributed by atoms with Crippen LogP contribution < -0.4 is 10.1 Å². The van der Waals surface area contributed by atoms with Crippen LogP contribution in [0.2, 0.25) is 0 Å². The van der Waals surface area contributed by atoms with Gasteiger partial charge in [-0.05, 0) is 23.3 Å². The lowest BCUT2D eigenvalue weighted by atomic mass is 9.91. The summed E-state index contributed by atoms with van der Waals surface area (Å²) in [6.07, 6.45) is 0.463. The van der Waals surface area contributed by atoms with E-state index in [1.807, 2.05) is 60.7 Å². The summed E-state index contributed by atoms with van der Waals surface area (Å²) < 4.78 is 9.27. The molecule has 1 heterocycles. The standard InChI is InChI=1S/C22H20N2O4/c1-27-22(26)28-18-12-13-20(23-14-18)21(25)24-15-19(16-8-4-2-5-9-16)17-10-6-3-7-11-17/h2-14,19H,15H2,1H3,(H,24,25). The molecule has 28 heavy (non-hydrogen) atoms. The molecule has 3 rings (SSSR count). The zero-order chi connectivity index (χ0) is 19.8. The summed E-state index contributed by atoms with van der Waals surface area (Å²) in [5.74, 6) is -0.0791. The fourth-order valence-electron chi connectivity index (χ4n) is 2.80. The van der Waals surface area contributed by atoms with Crippen molar-refractivity contribution in [1.29, 1.82) is 0 Å². The molecular formula is C22H20N2O4. The minimum absolute atomic E-state index is 0.0216. The Morgan fingerprint density at radius 3 is 2.04 bits per heavy atom. The topological polar surface area (TPSA) is 77.5 Å². The molecule has 6 nitrogen and oxygen atoms in total. The molecule has 0 fully saturated rings. The zero-order valence-corrected chi connectivity index (χ0v) is 15.4. The van der Waals surface area contributed by atoms with Crippen molar-refractivity contribution in [3.05, 3.63) is 95.8 Å². The number of hydrogen-bond donors (Lipinski definition) is 1. The number of carbonyl (C=O) groups is 2. The minimum atomic E-state index is -0.840. The smallest absolute Gasteiger partial charge is 0.437 e. The molecule has 0 spiro atoms. The molecule has 2 aromatic carbocycles. The first-order chi connectivity index (χ1) is 13.7. The molecule has 0 atom stereocenters. The fourth-order valence-corrected chi connectivity index (χ4v) is 2.80. The maximum atomic E-state index is 12.5. The fraction of sp³-hybridized carbons (Fsp3) is 0.136. The Morgan fingerprint density at radius 2 is 1.54 bits per heavy atom. The lowest BCUT2D eigenvalue weighted by molar-refractivity contribution is 0.0947. The number of carbonyl (C=O) groups excluding carboxylic acids is 2. The number of pyridine rings is 1. The van der Waals surface area contributed by atoms with Crippen LogP contribution in [0.4, 0.5) is 4.79 Å². The number of rotatable bonds is 6. The first kappa shape index (κ1) is 19.1. The van der Waals surface area contributed by atoms with E-state index in [1.165, 1.54) is 25.4 Å². The van der Waals surface area contributed by atoms with Gasteiger partial charge in [0.1, 0.15) is 5.69 Å². The van der Waals surface area contributed by atoms with Gasteiger partial charge in [0.25, 0.3) is 5.91 Å². The highest BCUT2D eigenvalue weighted by Gasteiger charge is 2.16. The number of ether oxygens (including phenoxy) is 2. The first-order valence-electron chi connectivity index (χ1n) is 8.77. The maximum absolute atomic E-state index is 12.5. The van der Waals surface area contributed by atoms with Crippen LogP contribution in [0.5, 0.6) is 5.75 Å². The van der Waals surface area contributed by atoms with Gasteiger partial charge in [-0.1, -0.05) is 60.7 Å². The van der Waals surface area contributed by atoms with Crippen molar-refractivity contribution in [2.45, 2.75) is 5.92 Å².